The summed E-state index contributed by atoms with van der Waals surface area (Å²) in [4.78, 5) is 11.9. The highest BCUT2D eigenvalue weighted by Gasteiger charge is 2.15. The number of nitrogens with one attached hydrogen (secondary N) is 2. The Bertz CT molecular complexity index is 1000. The lowest BCUT2D eigenvalue weighted by Crippen LogP contribution is -2.24. The second-order valence-electron chi connectivity index (χ2n) is 8.35. The van der Waals surface area contributed by atoms with Gasteiger partial charge in [0.25, 0.3) is 0 Å². The molecule has 0 aromatic heterocycles. The van der Waals surface area contributed by atoms with E-state index in [1.54, 1.807) is 0 Å². The van der Waals surface area contributed by atoms with E-state index in [-0.39, 0.29) is 11.9 Å². The highest BCUT2D eigenvalue weighted by molar-refractivity contribution is 5.90. The van der Waals surface area contributed by atoms with Crippen molar-refractivity contribution in [1.29, 1.82) is 0 Å². The van der Waals surface area contributed by atoms with Crippen LogP contribution in [0.1, 0.15) is 55.8 Å². The Morgan fingerprint density at radius 2 is 1.76 bits per heavy atom. The van der Waals surface area contributed by atoms with Gasteiger partial charge in [-0.05, 0) is 60.3 Å². The summed E-state index contributed by atoms with van der Waals surface area (Å²) < 4.78 is 6.04. The molecule has 0 radical (unpaired) electrons. The molecule has 1 amide bonds. The van der Waals surface area contributed by atoms with Crippen molar-refractivity contribution in [2.24, 2.45) is 0 Å². The van der Waals surface area contributed by atoms with E-state index >= 15 is 0 Å². The van der Waals surface area contributed by atoms with Crippen molar-refractivity contribution in [3.63, 3.8) is 0 Å². The summed E-state index contributed by atoms with van der Waals surface area (Å²) in [5, 5.41) is 6.65. The third kappa shape index (κ3) is 7.95. The molecule has 0 saturated carbocycles. The highest BCUT2D eigenvalue weighted by atomic mass is 16.5. The van der Waals surface area contributed by atoms with E-state index in [4.69, 9.17) is 10.5 Å². The molecule has 0 aliphatic heterocycles. The van der Waals surface area contributed by atoms with E-state index in [9.17, 15) is 4.79 Å². The van der Waals surface area contributed by atoms with E-state index in [0.717, 1.165) is 49.0 Å². The first-order valence-electron chi connectivity index (χ1n) is 11.7. The van der Waals surface area contributed by atoms with Crippen molar-refractivity contribution in [1.82, 2.24) is 5.32 Å². The lowest BCUT2D eigenvalue weighted by molar-refractivity contribution is -0.114. The molecule has 0 aliphatic rings. The zero-order chi connectivity index (χ0) is 23.5. The molecule has 0 bridgehead atoms. The number of anilines is 2. The van der Waals surface area contributed by atoms with Crippen molar-refractivity contribution in [3.05, 3.63) is 89.5 Å². The van der Waals surface area contributed by atoms with Gasteiger partial charge in [0.15, 0.2) is 0 Å². The first-order chi connectivity index (χ1) is 16.0. The molecule has 3 aromatic carbocycles. The second kappa shape index (κ2) is 12.7. The van der Waals surface area contributed by atoms with Crippen molar-refractivity contribution >= 4 is 17.3 Å². The third-order valence-electron chi connectivity index (χ3n) is 5.58. The maximum Gasteiger partial charge on any atom is 0.221 e. The van der Waals surface area contributed by atoms with Gasteiger partial charge < -0.3 is 21.1 Å². The topological polar surface area (TPSA) is 76.4 Å². The molecule has 0 spiro atoms. The Hall–Kier alpha value is -3.31. The number of carbonyl (C=O) groups excluding carboxylic acids is 1. The van der Waals surface area contributed by atoms with E-state index in [1.165, 1.54) is 12.5 Å². The number of hydrogen-bond acceptors (Lipinski definition) is 4. The van der Waals surface area contributed by atoms with Crippen LogP contribution in [0.2, 0.25) is 0 Å². The lowest BCUT2D eigenvalue weighted by Gasteiger charge is -2.21. The van der Waals surface area contributed by atoms with Gasteiger partial charge in [0.05, 0.1) is 5.69 Å². The van der Waals surface area contributed by atoms with Crippen LogP contribution in [-0.2, 0) is 17.8 Å². The molecule has 0 fully saturated rings. The van der Waals surface area contributed by atoms with E-state index < -0.39 is 0 Å². The van der Waals surface area contributed by atoms with Crippen LogP contribution in [0.15, 0.2) is 72.8 Å². The van der Waals surface area contributed by atoms with Gasteiger partial charge in [0, 0.05) is 18.7 Å². The molecule has 33 heavy (non-hydrogen) atoms. The highest BCUT2D eigenvalue weighted by Crippen LogP contribution is 2.31. The zero-order valence-corrected chi connectivity index (χ0v) is 19.6. The number of nitrogens with two attached hydrogens (primary N) is 1. The second-order valence-corrected chi connectivity index (χ2v) is 8.35. The number of nitrogen functional groups attached to an aromatic ring is 1. The number of hydrogen-bond donors (Lipinski definition) is 3. The van der Waals surface area contributed by atoms with Crippen LogP contribution >= 0.6 is 0 Å². The zero-order valence-electron chi connectivity index (χ0n) is 19.6. The smallest absolute Gasteiger partial charge is 0.221 e. The van der Waals surface area contributed by atoms with Crippen LogP contribution in [0.4, 0.5) is 11.4 Å². The Kier molecular flexibility index (Phi) is 9.33. The van der Waals surface area contributed by atoms with Gasteiger partial charge in [-0.15, -0.1) is 0 Å². The average Bonchev–Trinajstić information content (AvgIpc) is 2.82. The number of unbranched alkanes of at least 4 members (excludes halogenated alkanes) is 1. The van der Waals surface area contributed by atoms with Crippen LogP contribution in [0.25, 0.3) is 0 Å². The number of carbonyl (C=O) groups is 1. The minimum absolute atomic E-state index is 0.113. The van der Waals surface area contributed by atoms with Gasteiger partial charge in [-0.3, -0.25) is 4.79 Å². The van der Waals surface area contributed by atoms with Gasteiger partial charge in [-0.1, -0.05) is 68.3 Å². The van der Waals surface area contributed by atoms with Crippen LogP contribution in [0, 0.1) is 0 Å². The number of rotatable bonds is 12. The Morgan fingerprint density at radius 1 is 1.00 bits per heavy atom. The van der Waals surface area contributed by atoms with E-state index in [0.29, 0.717) is 18.0 Å². The molecule has 3 aromatic rings. The molecule has 5 nitrogen and oxygen atoms in total. The fraction of sp³-hybridized carbons (Fsp3) is 0.321. The molecule has 174 valence electrons. The summed E-state index contributed by atoms with van der Waals surface area (Å²) in [5.41, 5.74) is 10.8. The van der Waals surface area contributed by atoms with Crippen molar-refractivity contribution in [2.75, 3.05) is 17.6 Å². The van der Waals surface area contributed by atoms with Crippen molar-refractivity contribution < 1.29 is 9.53 Å². The van der Waals surface area contributed by atoms with Crippen LogP contribution in [0.3, 0.4) is 0 Å². The van der Waals surface area contributed by atoms with Gasteiger partial charge in [0.2, 0.25) is 5.91 Å². The lowest BCUT2D eigenvalue weighted by atomic mass is 9.99. The molecule has 0 heterocycles. The summed E-state index contributed by atoms with van der Waals surface area (Å²) in [7, 11) is 0. The normalized spacial score (nSPS) is 11.7. The predicted molar refractivity (Wildman–Crippen MR) is 136 cm³/mol. The minimum atomic E-state index is -0.113. The van der Waals surface area contributed by atoms with Crippen LogP contribution in [0.5, 0.6) is 5.75 Å². The molecular formula is C28H35N3O2. The SMILES string of the molecule is CCCCC(NCCc1ccc(N)cc1)c1ccc(OCc2ccccc2)c(NC(C)=O)c1. The standard InChI is InChI=1S/C28H35N3O2/c1-3-4-10-26(30-18-17-22-11-14-25(29)15-12-22)24-13-16-28(27(19-24)31-21(2)32)33-20-23-8-6-5-7-9-23/h5-9,11-16,19,26,30H,3-4,10,17-18,20,29H2,1-2H3,(H,31,32). The monoisotopic (exact) mass is 445 g/mol. The summed E-state index contributed by atoms with van der Waals surface area (Å²) in [6, 6.07) is 24.4. The fourth-order valence-electron chi connectivity index (χ4n) is 3.78. The van der Waals surface area contributed by atoms with Gasteiger partial charge in [-0.2, -0.15) is 0 Å². The number of amides is 1. The third-order valence-corrected chi connectivity index (χ3v) is 5.58. The summed E-state index contributed by atoms with van der Waals surface area (Å²) in [6.45, 7) is 5.04. The average molecular weight is 446 g/mol. The summed E-state index contributed by atoms with van der Waals surface area (Å²) in [5.74, 6) is 0.562. The summed E-state index contributed by atoms with van der Waals surface area (Å²) >= 11 is 0. The fourth-order valence-corrected chi connectivity index (χ4v) is 3.78. The molecule has 3 rings (SSSR count). The van der Waals surface area contributed by atoms with E-state index in [1.807, 2.05) is 54.6 Å². The Balaban J connectivity index is 1.72. The van der Waals surface area contributed by atoms with Crippen molar-refractivity contribution in [3.8, 4) is 5.75 Å². The minimum Gasteiger partial charge on any atom is -0.487 e. The molecule has 0 aliphatic carbocycles. The first-order valence-corrected chi connectivity index (χ1v) is 11.7. The maximum atomic E-state index is 11.9. The molecule has 4 N–H and O–H groups in total. The molecule has 1 atom stereocenters. The number of benzene rings is 3. The largest absolute Gasteiger partial charge is 0.487 e. The molecule has 0 saturated heterocycles. The van der Waals surface area contributed by atoms with E-state index in [2.05, 4.69) is 35.8 Å². The van der Waals surface area contributed by atoms with Crippen LogP contribution in [-0.4, -0.2) is 12.5 Å². The Morgan fingerprint density at radius 3 is 2.45 bits per heavy atom. The quantitative estimate of drug-likeness (QED) is 0.305. The summed E-state index contributed by atoms with van der Waals surface area (Å²) in [6.07, 6.45) is 4.22. The van der Waals surface area contributed by atoms with Crippen LogP contribution < -0.4 is 21.1 Å². The molecule has 5 heteroatoms. The first kappa shape index (κ1) is 24.3. The van der Waals surface area contributed by atoms with Gasteiger partial charge in [-0.25, -0.2) is 0 Å². The molecule has 1 unspecified atom stereocenters. The van der Waals surface area contributed by atoms with Crippen molar-refractivity contribution in [2.45, 2.75) is 52.2 Å². The van der Waals surface area contributed by atoms with Gasteiger partial charge in [0.1, 0.15) is 12.4 Å². The Labute approximate surface area is 197 Å². The van der Waals surface area contributed by atoms with Gasteiger partial charge >= 0.3 is 0 Å². The molecular weight excluding hydrogens is 410 g/mol. The maximum absolute atomic E-state index is 11.9. The number of ether oxygens (including phenoxy) is 1. The predicted octanol–water partition coefficient (Wildman–Crippen LogP) is 5.87.